The number of benzene rings is 2. The number of fused-ring (bicyclic) bond motifs is 1. The average Bonchev–Trinajstić information content (AvgIpc) is 2.99. The fraction of sp³-hybridized carbons (Fsp3) is 0.238. The molecule has 0 fully saturated rings. The van der Waals surface area contributed by atoms with Gasteiger partial charge in [-0.05, 0) is 42.3 Å². The maximum atomic E-state index is 10.8. The third-order valence-electron chi connectivity index (χ3n) is 4.02. The van der Waals surface area contributed by atoms with Gasteiger partial charge >= 0.3 is 0 Å². The first-order chi connectivity index (χ1) is 12.2. The van der Waals surface area contributed by atoms with E-state index in [0.29, 0.717) is 13.0 Å². The molecule has 0 unspecified atom stereocenters. The van der Waals surface area contributed by atoms with Crippen molar-refractivity contribution < 1.29 is 9.53 Å². The number of nitrogens with zero attached hydrogens (tertiary/aromatic N) is 2. The standard InChI is InChI=1S/C21H20N2O2/c1-3-4-17(11-12-24)18-6-8-20(9-7-18)25-15-16-5-10-21-19(13-16)14-23(2)22-21/h5-10,12-14,17H,11,15H2,1-2H3/t17-/m0/s1. The van der Waals surface area contributed by atoms with E-state index in [9.17, 15) is 4.79 Å². The van der Waals surface area contributed by atoms with Gasteiger partial charge in [0.15, 0.2) is 0 Å². The molecule has 0 aliphatic rings. The number of rotatable bonds is 6. The Balaban J connectivity index is 1.67. The zero-order valence-corrected chi connectivity index (χ0v) is 14.4. The van der Waals surface area contributed by atoms with Gasteiger partial charge in [-0.25, -0.2) is 0 Å². The SMILES string of the molecule is CC#C[C@@H](CC=O)c1ccc(OCc2ccc3nn(C)cc3c2)cc1. The topological polar surface area (TPSA) is 44.1 Å². The summed E-state index contributed by atoms with van der Waals surface area (Å²) in [4.78, 5) is 10.8. The monoisotopic (exact) mass is 332 g/mol. The smallest absolute Gasteiger partial charge is 0.121 e. The van der Waals surface area contributed by atoms with Crippen molar-refractivity contribution in [3.8, 4) is 17.6 Å². The van der Waals surface area contributed by atoms with Crippen LogP contribution in [0.15, 0.2) is 48.7 Å². The zero-order chi connectivity index (χ0) is 17.6. The summed E-state index contributed by atoms with van der Waals surface area (Å²) >= 11 is 0. The lowest BCUT2D eigenvalue weighted by atomic mass is 9.97. The summed E-state index contributed by atoms with van der Waals surface area (Å²) in [6, 6.07) is 13.9. The molecule has 1 heterocycles. The molecule has 1 aromatic heterocycles. The molecule has 4 heteroatoms. The lowest BCUT2D eigenvalue weighted by molar-refractivity contribution is -0.107. The zero-order valence-electron chi connectivity index (χ0n) is 14.4. The van der Waals surface area contributed by atoms with Gasteiger partial charge in [-0.2, -0.15) is 5.10 Å². The van der Waals surface area contributed by atoms with E-state index < -0.39 is 0 Å². The Hall–Kier alpha value is -3.06. The number of ether oxygens (including phenoxy) is 1. The predicted molar refractivity (Wildman–Crippen MR) is 98.4 cm³/mol. The fourth-order valence-electron chi connectivity index (χ4n) is 2.80. The Morgan fingerprint density at radius 1 is 1.24 bits per heavy atom. The van der Waals surface area contributed by atoms with Crippen molar-refractivity contribution in [3.63, 3.8) is 0 Å². The van der Waals surface area contributed by atoms with Crippen molar-refractivity contribution in [3.05, 3.63) is 59.8 Å². The summed E-state index contributed by atoms with van der Waals surface area (Å²) in [6.45, 7) is 2.28. The molecular formula is C21H20N2O2. The highest BCUT2D eigenvalue weighted by Crippen LogP contribution is 2.22. The van der Waals surface area contributed by atoms with Gasteiger partial charge in [-0.1, -0.05) is 24.1 Å². The van der Waals surface area contributed by atoms with Gasteiger partial charge in [0.2, 0.25) is 0 Å². The van der Waals surface area contributed by atoms with Crippen molar-refractivity contribution in [2.24, 2.45) is 7.05 Å². The van der Waals surface area contributed by atoms with Gasteiger partial charge < -0.3 is 9.53 Å². The molecule has 0 aliphatic carbocycles. The Labute approximate surface area is 147 Å². The Kier molecular flexibility index (Phi) is 5.15. The van der Waals surface area contributed by atoms with E-state index in [1.807, 2.05) is 54.3 Å². The molecule has 0 N–H and O–H groups in total. The number of aldehydes is 1. The largest absolute Gasteiger partial charge is 0.489 e. The first-order valence-electron chi connectivity index (χ1n) is 8.20. The third kappa shape index (κ3) is 4.07. The number of hydrogen-bond donors (Lipinski definition) is 0. The van der Waals surface area contributed by atoms with E-state index >= 15 is 0 Å². The molecule has 0 amide bonds. The first-order valence-corrected chi connectivity index (χ1v) is 8.20. The minimum Gasteiger partial charge on any atom is -0.489 e. The van der Waals surface area contributed by atoms with Crippen LogP contribution >= 0.6 is 0 Å². The van der Waals surface area contributed by atoms with Gasteiger partial charge in [0.05, 0.1) is 11.4 Å². The minimum absolute atomic E-state index is 0.0514. The van der Waals surface area contributed by atoms with E-state index in [1.165, 1.54) is 0 Å². The molecule has 0 bridgehead atoms. The van der Waals surface area contributed by atoms with Crippen LogP contribution in [0.2, 0.25) is 0 Å². The second-order valence-electron chi connectivity index (χ2n) is 5.90. The molecule has 25 heavy (non-hydrogen) atoms. The van der Waals surface area contributed by atoms with Crippen LogP contribution in [0.1, 0.15) is 30.4 Å². The second-order valence-corrected chi connectivity index (χ2v) is 5.90. The molecule has 3 aromatic rings. The fourth-order valence-corrected chi connectivity index (χ4v) is 2.80. The Morgan fingerprint density at radius 3 is 2.76 bits per heavy atom. The molecule has 2 aromatic carbocycles. The Morgan fingerprint density at radius 2 is 2.04 bits per heavy atom. The third-order valence-corrected chi connectivity index (χ3v) is 4.02. The van der Waals surface area contributed by atoms with E-state index in [2.05, 4.69) is 23.0 Å². The summed E-state index contributed by atoms with van der Waals surface area (Å²) in [7, 11) is 1.92. The van der Waals surface area contributed by atoms with Crippen LogP contribution in [0.5, 0.6) is 5.75 Å². The Bertz CT molecular complexity index is 930. The van der Waals surface area contributed by atoms with E-state index in [0.717, 1.165) is 34.1 Å². The summed E-state index contributed by atoms with van der Waals surface area (Å²) in [5.74, 6) is 6.69. The second kappa shape index (κ2) is 7.67. The maximum absolute atomic E-state index is 10.8. The number of carbonyl (C=O) groups excluding carboxylic acids is 1. The van der Waals surface area contributed by atoms with Gasteiger partial charge in [-0.15, -0.1) is 5.92 Å². The van der Waals surface area contributed by atoms with Crippen molar-refractivity contribution in [2.75, 3.05) is 0 Å². The molecule has 4 nitrogen and oxygen atoms in total. The highest BCUT2D eigenvalue weighted by Gasteiger charge is 2.08. The number of hydrogen-bond acceptors (Lipinski definition) is 3. The van der Waals surface area contributed by atoms with Crippen LogP contribution in [-0.2, 0) is 18.4 Å². The number of aromatic nitrogens is 2. The van der Waals surface area contributed by atoms with Crippen LogP contribution < -0.4 is 4.74 Å². The van der Waals surface area contributed by atoms with Crippen molar-refractivity contribution in [1.29, 1.82) is 0 Å². The molecule has 0 saturated carbocycles. The van der Waals surface area contributed by atoms with Gasteiger partial charge in [-0.3, -0.25) is 4.68 Å². The van der Waals surface area contributed by atoms with Gasteiger partial charge in [0.25, 0.3) is 0 Å². The highest BCUT2D eigenvalue weighted by molar-refractivity contribution is 5.78. The average molecular weight is 332 g/mol. The quantitative estimate of drug-likeness (QED) is 0.509. The van der Waals surface area contributed by atoms with Crippen LogP contribution in [0.3, 0.4) is 0 Å². The van der Waals surface area contributed by atoms with E-state index in [1.54, 1.807) is 6.92 Å². The van der Waals surface area contributed by atoms with Crippen LogP contribution in [0.4, 0.5) is 0 Å². The van der Waals surface area contributed by atoms with Crippen molar-refractivity contribution in [1.82, 2.24) is 9.78 Å². The van der Waals surface area contributed by atoms with E-state index in [-0.39, 0.29) is 5.92 Å². The number of aryl methyl sites for hydroxylation is 1. The van der Waals surface area contributed by atoms with Gasteiger partial charge in [0.1, 0.15) is 18.6 Å². The molecule has 126 valence electrons. The summed E-state index contributed by atoms with van der Waals surface area (Å²) in [6.07, 6.45) is 3.32. The highest BCUT2D eigenvalue weighted by atomic mass is 16.5. The van der Waals surface area contributed by atoms with Crippen LogP contribution in [-0.4, -0.2) is 16.1 Å². The lowest BCUT2D eigenvalue weighted by Gasteiger charge is -2.10. The molecule has 0 saturated heterocycles. The maximum Gasteiger partial charge on any atom is 0.121 e. The molecule has 3 rings (SSSR count). The van der Waals surface area contributed by atoms with Crippen molar-refractivity contribution in [2.45, 2.75) is 25.9 Å². The van der Waals surface area contributed by atoms with E-state index in [4.69, 9.17) is 4.74 Å². The molecule has 1 atom stereocenters. The number of carbonyl (C=O) groups is 1. The molecular weight excluding hydrogens is 312 g/mol. The molecule has 0 aliphatic heterocycles. The predicted octanol–water partition coefficient (Wildman–Crippen LogP) is 3.85. The van der Waals surface area contributed by atoms with Crippen LogP contribution in [0.25, 0.3) is 10.9 Å². The van der Waals surface area contributed by atoms with Gasteiger partial charge in [0, 0.05) is 25.1 Å². The van der Waals surface area contributed by atoms with Crippen molar-refractivity contribution >= 4 is 17.2 Å². The normalized spacial score (nSPS) is 11.6. The summed E-state index contributed by atoms with van der Waals surface area (Å²) < 4.78 is 7.68. The summed E-state index contributed by atoms with van der Waals surface area (Å²) in [5, 5.41) is 5.47. The summed E-state index contributed by atoms with van der Waals surface area (Å²) in [5.41, 5.74) is 3.11. The van der Waals surface area contributed by atoms with Crippen LogP contribution in [0, 0.1) is 11.8 Å². The first kappa shape index (κ1) is 16.8. The minimum atomic E-state index is -0.0514. The molecule has 0 radical (unpaired) electrons. The molecule has 0 spiro atoms. The lowest BCUT2D eigenvalue weighted by Crippen LogP contribution is -1.98.